The van der Waals surface area contributed by atoms with Gasteiger partial charge in [0.25, 0.3) is 0 Å². The molecule has 0 amide bonds. The smallest absolute Gasteiger partial charge is 0.201 e. The molecule has 2 rings (SSSR count). The van der Waals surface area contributed by atoms with Crippen molar-refractivity contribution >= 4 is 0 Å². The molecule has 0 N–H and O–H groups in total. The SMILES string of the molecule is CC=CCCc1ccc(-c2ccc(OCC)c(F)c2F)cc1. The maximum Gasteiger partial charge on any atom is 0.201 e. The lowest BCUT2D eigenvalue weighted by Crippen LogP contribution is -1.98. The van der Waals surface area contributed by atoms with E-state index in [0.29, 0.717) is 12.2 Å². The second-order valence-corrected chi connectivity index (χ2v) is 4.98. The lowest BCUT2D eigenvalue weighted by atomic mass is 10.0. The number of hydrogen-bond acceptors (Lipinski definition) is 1. The van der Waals surface area contributed by atoms with Gasteiger partial charge in [-0.3, -0.25) is 0 Å². The molecule has 0 radical (unpaired) electrons. The highest BCUT2D eigenvalue weighted by Gasteiger charge is 2.15. The third-order valence-electron chi connectivity index (χ3n) is 3.45. The Morgan fingerprint density at radius 1 is 1.00 bits per heavy atom. The minimum atomic E-state index is -0.934. The Labute approximate surface area is 130 Å². The number of benzene rings is 2. The molecular weight excluding hydrogens is 282 g/mol. The van der Waals surface area contributed by atoms with Crippen LogP contribution >= 0.6 is 0 Å². The zero-order chi connectivity index (χ0) is 15.9. The van der Waals surface area contributed by atoms with Gasteiger partial charge >= 0.3 is 0 Å². The zero-order valence-corrected chi connectivity index (χ0v) is 12.9. The summed E-state index contributed by atoms with van der Waals surface area (Å²) in [6, 6.07) is 10.6. The lowest BCUT2D eigenvalue weighted by Gasteiger charge is -2.09. The predicted octanol–water partition coefficient (Wildman–Crippen LogP) is 5.54. The highest BCUT2D eigenvalue weighted by atomic mass is 19.2. The summed E-state index contributed by atoms with van der Waals surface area (Å²) in [6.45, 7) is 4.03. The molecule has 0 aromatic heterocycles. The number of rotatable bonds is 6. The Morgan fingerprint density at radius 3 is 2.36 bits per heavy atom. The van der Waals surface area contributed by atoms with E-state index in [2.05, 4.69) is 6.08 Å². The molecule has 0 fully saturated rings. The molecule has 0 aliphatic carbocycles. The topological polar surface area (TPSA) is 9.23 Å². The van der Waals surface area contributed by atoms with Crippen molar-refractivity contribution in [2.45, 2.75) is 26.7 Å². The normalized spacial score (nSPS) is 11.1. The first-order valence-electron chi connectivity index (χ1n) is 7.48. The van der Waals surface area contributed by atoms with Gasteiger partial charge in [0.2, 0.25) is 5.82 Å². The van der Waals surface area contributed by atoms with E-state index < -0.39 is 11.6 Å². The van der Waals surface area contributed by atoms with Crippen molar-refractivity contribution in [2.24, 2.45) is 0 Å². The van der Waals surface area contributed by atoms with Crippen molar-refractivity contribution in [3.8, 4) is 16.9 Å². The van der Waals surface area contributed by atoms with Crippen LogP contribution in [0.15, 0.2) is 48.6 Å². The standard InChI is InChI=1S/C19H20F2O/c1-3-5-6-7-14-8-10-15(11-9-14)16-12-13-17(22-4-2)19(21)18(16)20/h3,5,8-13H,4,6-7H2,1-2H3. The fraction of sp³-hybridized carbons (Fsp3) is 0.263. The number of ether oxygens (including phenoxy) is 1. The Morgan fingerprint density at radius 2 is 1.73 bits per heavy atom. The summed E-state index contributed by atoms with van der Waals surface area (Å²) < 4.78 is 33.1. The molecule has 3 heteroatoms. The van der Waals surface area contributed by atoms with Gasteiger partial charge in [-0.25, -0.2) is 4.39 Å². The molecule has 0 aliphatic heterocycles. The van der Waals surface area contributed by atoms with Crippen molar-refractivity contribution in [3.63, 3.8) is 0 Å². The van der Waals surface area contributed by atoms with Crippen LogP contribution in [0.4, 0.5) is 8.78 Å². The Balaban J connectivity index is 2.23. The first kappa shape index (κ1) is 16.2. The van der Waals surface area contributed by atoms with Gasteiger partial charge in [-0.2, -0.15) is 4.39 Å². The van der Waals surface area contributed by atoms with E-state index >= 15 is 0 Å². The Hall–Kier alpha value is -2.16. The predicted molar refractivity (Wildman–Crippen MR) is 86.1 cm³/mol. The van der Waals surface area contributed by atoms with Gasteiger partial charge in [-0.05, 0) is 49.9 Å². The van der Waals surface area contributed by atoms with Crippen molar-refractivity contribution in [1.82, 2.24) is 0 Å². The van der Waals surface area contributed by atoms with Gasteiger partial charge in [-0.1, -0.05) is 36.4 Å². The summed E-state index contributed by atoms with van der Waals surface area (Å²) in [4.78, 5) is 0. The zero-order valence-electron chi connectivity index (χ0n) is 12.9. The van der Waals surface area contributed by atoms with Crippen molar-refractivity contribution in [1.29, 1.82) is 0 Å². The molecule has 0 atom stereocenters. The van der Waals surface area contributed by atoms with Gasteiger partial charge < -0.3 is 4.74 Å². The van der Waals surface area contributed by atoms with E-state index in [1.165, 1.54) is 11.6 Å². The molecule has 0 aliphatic rings. The molecule has 22 heavy (non-hydrogen) atoms. The van der Waals surface area contributed by atoms with E-state index in [0.717, 1.165) is 12.8 Å². The fourth-order valence-corrected chi connectivity index (χ4v) is 2.29. The van der Waals surface area contributed by atoms with Crippen LogP contribution in [0.25, 0.3) is 11.1 Å². The summed E-state index contributed by atoms with van der Waals surface area (Å²) in [6.07, 6.45) is 6.04. The summed E-state index contributed by atoms with van der Waals surface area (Å²) in [7, 11) is 0. The quantitative estimate of drug-likeness (QED) is 0.637. The third-order valence-corrected chi connectivity index (χ3v) is 3.45. The first-order chi connectivity index (χ1) is 10.7. The second-order valence-electron chi connectivity index (χ2n) is 4.98. The van der Waals surface area contributed by atoms with Crippen LogP contribution in [0.5, 0.6) is 5.75 Å². The van der Waals surface area contributed by atoms with Gasteiger partial charge in [0.05, 0.1) is 6.61 Å². The minimum absolute atomic E-state index is 0.0493. The average Bonchev–Trinajstić information content (AvgIpc) is 2.53. The monoisotopic (exact) mass is 302 g/mol. The lowest BCUT2D eigenvalue weighted by molar-refractivity contribution is 0.314. The van der Waals surface area contributed by atoms with E-state index in [4.69, 9.17) is 4.74 Å². The van der Waals surface area contributed by atoms with E-state index in [1.807, 2.05) is 37.3 Å². The molecule has 0 spiro atoms. The highest BCUT2D eigenvalue weighted by molar-refractivity contribution is 5.65. The van der Waals surface area contributed by atoms with Crippen molar-refractivity contribution < 1.29 is 13.5 Å². The Bertz CT molecular complexity index is 645. The molecule has 0 saturated heterocycles. The largest absolute Gasteiger partial charge is 0.491 e. The number of hydrogen-bond donors (Lipinski definition) is 0. The van der Waals surface area contributed by atoms with Gasteiger partial charge in [0.1, 0.15) is 0 Å². The second kappa shape index (κ2) is 7.74. The summed E-state index contributed by atoms with van der Waals surface area (Å²) in [5, 5.41) is 0. The summed E-state index contributed by atoms with van der Waals surface area (Å²) >= 11 is 0. The fourth-order valence-electron chi connectivity index (χ4n) is 2.29. The summed E-state index contributed by atoms with van der Waals surface area (Å²) in [5.74, 6) is -1.85. The van der Waals surface area contributed by atoms with E-state index in [1.54, 1.807) is 13.0 Å². The molecule has 0 saturated carbocycles. The van der Waals surface area contributed by atoms with Crippen LogP contribution < -0.4 is 4.74 Å². The van der Waals surface area contributed by atoms with E-state index in [9.17, 15) is 8.78 Å². The molecule has 2 aromatic carbocycles. The highest BCUT2D eigenvalue weighted by Crippen LogP contribution is 2.30. The van der Waals surface area contributed by atoms with Gasteiger partial charge in [-0.15, -0.1) is 0 Å². The van der Waals surface area contributed by atoms with Gasteiger partial charge in [0, 0.05) is 5.56 Å². The first-order valence-corrected chi connectivity index (χ1v) is 7.48. The van der Waals surface area contributed by atoms with Crippen LogP contribution in [0.3, 0.4) is 0 Å². The molecule has 0 unspecified atom stereocenters. The van der Waals surface area contributed by atoms with Crippen LogP contribution in [-0.4, -0.2) is 6.61 Å². The van der Waals surface area contributed by atoms with E-state index in [-0.39, 0.29) is 11.3 Å². The maximum atomic E-state index is 14.2. The maximum absolute atomic E-state index is 14.2. The van der Waals surface area contributed by atoms with Gasteiger partial charge in [0.15, 0.2) is 11.6 Å². The molecule has 0 bridgehead atoms. The average molecular weight is 302 g/mol. The molecule has 116 valence electrons. The van der Waals surface area contributed by atoms with Crippen molar-refractivity contribution in [3.05, 3.63) is 65.7 Å². The molecule has 1 nitrogen and oxygen atoms in total. The molecule has 0 heterocycles. The van der Waals surface area contributed by atoms with Crippen LogP contribution in [0, 0.1) is 11.6 Å². The third kappa shape index (κ3) is 3.73. The van der Waals surface area contributed by atoms with Crippen molar-refractivity contribution in [2.75, 3.05) is 6.61 Å². The molecule has 2 aromatic rings. The van der Waals surface area contributed by atoms with Crippen LogP contribution in [0.1, 0.15) is 25.8 Å². The number of allylic oxidation sites excluding steroid dienone is 2. The number of aryl methyl sites for hydroxylation is 1. The summed E-state index contributed by atoms with van der Waals surface area (Å²) in [5.41, 5.74) is 2.09. The van der Waals surface area contributed by atoms with Crippen LogP contribution in [0.2, 0.25) is 0 Å². The molecular formula is C19H20F2O. The Kier molecular flexibility index (Phi) is 5.70. The van der Waals surface area contributed by atoms with Crippen LogP contribution in [-0.2, 0) is 6.42 Å². The number of halogens is 2. The minimum Gasteiger partial charge on any atom is -0.491 e.